The fourth-order valence-electron chi connectivity index (χ4n) is 1.94. The van der Waals surface area contributed by atoms with Gasteiger partial charge in [0.1, 0.15) is 5.54 Å². The Balaban J connectivity index is 2.73. The third kappa shape index (κ3) is 2.68. The quantitative estimate of drug-likeness (QED) is 0.640. The molecule has 88 valence electrons. The highest BCUT2D eigenvalue weighted by molar-refractivity contribution is 5.80. The van der Waals surface area contributed by atoms with E-state index in [0.29, 0.717) is 6.61 Å². The number of nitrogens with zero attached hydrogens (tertiary/aromatic N) is 1. The van der Waals surface area contributed by atoms with Crippen LogP contribution in [0.1, 0.15) is 6.92 Å². The zero-order valence-electron chi connectivity index (χ0n) is 9.71. The highest BCUT2D eigenvalue weighted by atomic mass is 16.5. The van der Waals surface area contributed by atoms with Crippen molar-refractivity contribution >= 4 is 5.97 Å². The minimum atomic E-state index is -0.661. The van der Waals surface area contributed by atoms with Crippen LogP contribution >= 0.6 is 0 Å². The molecule has 5 nitrogen and oxygen atoms in total. The van der Waals surface area contributed by atoms with Crippen LogP contribution in [0.4, 0.5) is 0 Å². The topological polar surface area (TPSA) is 50.8 Å². The number of hydrogen-bond acceptors (Lipinski definition) is 5. The molecule has 1 saturated heterocycles. The lowest BCUT2D eigenvalue weighted by Gasteiger charge is -2.40. The highest BCUT2D eigenvalue weighted by Crippen LogP contribution is 2.18. The van der Waals surface area contributed by atoms with Gasteiger partial charge in [-0.2, -0.15) is 0 Å². The maximum Gasteiger partial charge on any atom is 0.328 e. The van der Waals surface area contributed by atoms with Gasteiger partial charge in [0.2, 0.25) is 0 Å². The van der Waals surface area contributed by atoms with Crippen molar-refractivity contribution in [2.75, 3.05) is 47.0 Å². The average molecular weight is 216 g/mol. The van der Waals surface area contributed by atoms with Crippen LogP contribution in [-0.4, -0.2) is 63.4 Å². The molecule has 1 unspecified atom stereocenters. The van der Waals surface area contributed by atoms with Crippen LogP contribution in [0.5, 0.6) is 0 Å². The zero-order chi connectivity index (χ0) is 11.3. The minimum absolute atomic E-state index is 0.230. The Morgan fingerprint density at radius 3 is 2.47 bits per heavy atom. The van der Waals surface area contributed by atoms with Crippen molar-refractivity contribution in [3.63, 3.8) is 0 Å². The summed E-state index contributed by atoms with van der Waals surface area (Å²) in [5.74, 6) is -0.230. The Morgan fingerprint density at radius 1 is 1.40 bits per heavy atom. The van der Waals surface area contributed by atoms with Crippen LogP contribution in [0.25, 0.3) is 0 Å². The van der Waals surface area contributed by atoms with Gasteiger partial charge < -0.3 is 14.8 Å². The lowest BCUT2D eigenvalue weighted by molar-refractivity contribution is -0.158. The van der Waals surface area contributed by atoms with Crippen LogP contribution in [0.3, 0.4) is 0 Å². The van der Waals surface area contributed by atoms with Crippen molar-refractivity contribution in [1.82, 2.24) is 10.2 Å². The highest BCUT2D eigenvalue weighted by Gasteiger charge is 2.41. The van der Waals surface area contributed by atoms with E-state index in [-0.39, 0.29) is 5.97 Å². The Bertz CT molecular complexity index is 217. The summed E-state index contributed by atoms with van der Waals surface area (Å²) in [4.78, 5) is 13.9. The molecule has 1 heterocycles. The Hall–Kier alpha value is -0.650. The molecule has 0 spiro atoms. The number of esters is 1. The third-order valence-electron chi connectivity index (χ3n) is 2.87. The van der Waals surface area contributed by atoms with Crippen LogP contribution in [-0.2, 0) is 14.3 Å². The van der Waals surface area contributed by atoms with Gasteiger partial charge in [0, 0.05) is 33.3 Å². The van der Waals surface area contributed by atoms with Gasteiger partial charge in [-0.15, -0.1) is 0 Å². The smallest absolute Gasteiger partial charge is 0.328 e. The molecule has 5 heteroatoms. The fraction of sp³-hybridized carbons (Fsp3) is 0.900. The molecule has 1 fully saturated rings. The second-order valence-electron chi connectivity index (χ2n) is 3.94. The molecule has 0 aliphatic carbocycles. The van der Waals surface area contributed by atoms with Crippen LogP contribution in [0, 0.1) is 0 Å². The summed E-state index contributed by atoms with van der Waals surface area (Å²) in [5.41, 5.74) is -0.661. The number of piperazine rings is 1. The van der Waals surface area contributed by atoms with Crippen LogP contribution < -0.4 is 5.32 Å². The predicted octanol–water partition coefficient (Wildman–Crippen LogP) is -0.530. The van der Waals surface area contributed by atoms with Crippen LogP contribution in [0.15, 0.2) is 0 Å². The molecule has 0 aromatic heterocycles. The predicted molar refractivity (Wildman–Crippen MR) is 56.7 cm³/mol. The fourth-order valence-corrected chi connectivity index (χ4v) is 1.94. The molecule has 1 rings (SSSR count). The summed E-state index contributed by atoms with van der Waals surface area (Å²) >= 11 is 0. The van der Waals surface area contributed by atoms with Crippen LogP contribution in [0.2, 0.25) is 0 Å². The number of carbonyl (C=O) groups excluding carboxylic acids is 1. The Morgan fingerprint density at radius 2 is 2.00 bits per heavy atom. The number of ether oxygens (including phenoxy) is 2. The molecule has 0 aromatic carbocycles. The minimum Gasteiger partial charge on any atom is -0.468 e. The SMILES string of the molecule is COCC(C)(C(=O)OC)N1CCNCC1. The van der Waals surface area contributed by atoms with E-state index in [1.54, 1.807) is 7.11 Å². The summed E-state index contributed by atoms with van der Waals surface area (Å²) < 4.78 is 9.96. The first-order chi connectivity index (χ1) is 7.15. The summed E-state index contributed by atoms with van der Waals surface area (Å²) in [5, 5.41) is 3.25. The number of carbonyl (C=O) groups is 1. The van der Waals surface area contributed by atoms with E-state index in [2.05, 4.69) is 10.2 Å². The summed E-state index contributed by atoms with van der Waals surface area (Å²) in [6.45, 7) is 5.71. The first-order valence-electron chi connectivity index (χ1n) is 5.18. The van der Waals surface area contributed by atoms with E-state index in [1.165, 1.54) is 7.11 Å². The molecule has 15 heavy (non-hydrogen) atoms. The molecule has 1 aliphatic rings. The van der Waals surface area contributed by atoms with Crippen molar-refractivity contribution in [3.05, 3.63) is 0 Å². The Labute approximate surface area is 90.7 Å². The number of hydrogen-bond donors (Lipinski definition) is 1. The zero-order valence-corrected chi connectivity index (χ0v) is 9.71. The van der Waals surface area contributed by atoms with E-state index in [0.717, 1.165) is 26.2 Å². The first-order valence-corrected chi connectivity index (χ1v) is 5.18. The van der Waals surface area contributed by atoms with Gasteiger partial charge in [-0.3, -0.25) is 4.90 Å². The molecule has 0 amide bonds. The first kappa shape index (κ1) is 12.4. The monoisotopic (exact) mass is 216 g/mol. The van der Waals surface area contributed by atoms with Gasteiger partial charge in [-0.05, 0) is 6.92 Å². The Kier molecular flexibility index (Phi) is 4.50. The van der Waals surface area contributed by atoms with Crippen molar-refractivity contribution in [1.29, 1.82) is 0 Å². The van der Waals surface area contributed by atoms with Gasteiger partial charge in [-0.1, -0.05) is 0 Å². The normalized spacial score (nSPS) is 22.1. The molecule has 0 bridgehead atoms. The van der Waals surface area contributed by atoms with E-state index < -0.39 is 5.54 Å². The van der Waals surface area contributed by atoms with Crippen molar-refractivity contribution in [2.24, 2.45) is 0 Å². The van der Waals surface area contributed by atoms with Gasteiger partial charge in [0.05, 0.1) is 13.7 Å². The van der Waals surface area contributed by atoms with E-state index in [1.807, 2.05) is 6.92 Å². The second kappa shape index (κ2) is 5.44. The molecule has 1 N–H and O–H groups in total. The largest absolute Gasteiger partial charge is 0.468 e. The molecule has 0 radical (unpaired) electrons. The van der Waals surface area contributed by atoms with E-state index >= 15 is 0 Å². The lowest BCUT2D eigenvalue weighted by atomic mass is 10.0. The van der Waals surface area contributed by atoms with Crippen molar-refractivity contribution in [3.8, 4) is 0 Å². The summed E-state index contributed by atoms with van der Waals surface area (Å²) in [6.07, 6.45) is 0. The summed E-state index contributed by atoms with van der Waals surface area (Å²) in [6, 6.07) is 0. The van der Waals surface area contributed by atoms with E-state index in [4.69, 9.17) is 9.47 Å². The maximum absolute atomic E-state index is 11.8. The molecule has 1 aliphatic heterocycles. The number of nitrogens with one attached hydrogen (secondary N) is 1. The average Bonchev–Trinajstić information content (AvgIpc) is 2.29. The van der Waals surface area contributed by atoms with E-state index in [9.17, 15) is 4.79 Å². The lowest BCUT2D eigenvalue weighted by Crippen LogP contribution is -2.61. The summed E-state index contributed by atoms with van der Waals surface area (Å²) in [7, 11) is 3.02. The molecule has 1 atom stereocenters. The molecule has 0 saturated carbocycles. The van der Waals surface area contributed by atoms with Gasteiger partial charge in [-0.25, -0.2) is 4.79 Å². The molecule has 0 aromatic rings. The number of methoxy groups -OCH3 is 2. The van der Waals surface area contributed by atoms with Crippen molar-refractivity contribution < 1.29 is 14.3 Å². The second-order valence-corrected chi connectivity index (χ2v) is 3.94. The molecular formula is C10H20N2O3. The van der Waals surface area contributed by atoms with Crippen molar-refractivity contribution in [2.45, 2.75) is 12.5 Å². The maximum atomic E-state index is 11.8. The standard InChI is InChI=1S/C10H20N2O3/c1-10(8-14-2,9(13)15-3)12-6-4-11-5-7-12/h11H,4-8H2,1-3H3. The molecular weight excluding hydrogens is 196 g/mol. The third-order valence-corrected chi connectivity index (χ3v) is 2.87. The van der Waals surface area contributed by atoms with Gasteiger partial charge >= 0.3 is 5.97 Å². The number of rotatable bonds is 4. The van der Waals surface area contributed by atoms with Gasteiger partial charge in [0.15, 0.2) is 0 Å². The van der Waals surface area contributed by atoms with Gasteiger partial charge in [0.25, 0.3) is 0 Å².